The van der Waals surface area contributed by atoms with Gasteiger partial charge in [0.1, 0.15) is 5.82 Å². The van der Waals surface area contributed by atoms with Gasteiger partial charge in [-0.15, -0.1) is 0 Å². The van der Waals surface area contributed by atoms with Gasteiger partial charge in [0.2, 0.25) is 0 Å². The molecule has 3 aromatic rings. The Morgan fingerprint density at radius 1 is 1.03 bits per heavy atom. The molecule has 0 heterocycles. The van der Waals surface area contributed by atoms with Gasteiger partial charge in [-0.3, -0.25) is 10.2 Å². The van der Waals surface area contributed by atoms with Gasteiger partial charge < -0.3 is 16.2 Å². The number of carbonyl (C=O) groups is 1. The molecule has 0 saturated carbocycles. The third-order valence-corrected chi connectivity index (χ3v) is 4.58. The standard InChI is InChI=1S/C23H22FN3O2/c24-18-8-4-7-16(12-18)22(26)20-13-17(9-10-21(20)25)23(29)27-19(14-28)11-15-5-2-1-3-6-15/h1-10,12-13,19,26,28H,11,14,25H2,(H,27,29)/t19-/m0/s1. The predicted molar refractivity (Wildman–Crippen MR) is 112 cm³/mol. The van der Waals surface area contributed by atoms with Crippen LogP contribution in [0.15, 0.2) is 72.8 Å². The SMILES string of the molecule is N=C(c1cccc(F)c1)c1cc(C(=O)N[C@H](CO)Cc2ccccc2)ccc1N. The number of nitrogens with two attached hydrogens (primary N) is 1. The van der Waals surface area contributed by atoms with Crippen LogP contribution in [0.5, 0.6) is 0 Å². The number of anilines is 1. The topological polar surface area (TPSA) is 99.2 Å². The summed E-state index contributed by atoms with van der Waals surface area (Å²) in [5.74, 6) is -0.834. The second-order valence-corrected chi connectivity index (χ2v) is 6.73. The predicted octanol–water partition coefficient (Wildman–Crippen LogP) is 3.16. The molecule has 3 aromatic carbocycles. The monoisotopic (exact) mass is 391 g/mol. The number of aliphatic hydroxyl groups is 1. The molecule has 0 saturated heterocycles. The van der Waals surface area contributed by atoms with E-state index in [0.29, 0.717) is 28.8 Å². The minimum atomic E-state index is -0.452. The molecule has 0 aliphatic carbocycles. The van der Waals surface area contributed by atoms with Crippen molar-refractivity contribution >= 4 is 17.3 Å². The highest BCUT2D eigenvalue weighted by Gasteiger charge is 2.17. The lowest BCUT2D eigenvalue weighted by Gasteiger charge is -2.17. The van der Waals surface area contributed by atoms with Crippen LogP contribution in [0.25, 0.3) is 0 Å². The summed E-state index contributed by atoms with van der Waals surface area (Å²) in [7, 11) is 0. The van der Waals surface area contributed by atoms with Crippen molar-refractivity contribution in [2.45, 2.75) is 12.5 Å². The third kappa shape index (κ3) is 5.06. The number of aliphatic hydroxyl groups excluding tert-OH is 1. The van der Waals surface area contributed by atoms with E-state index in [4.69, 9.17) is 11.1 Å². The molecule has 3 rings (SSSR count). The summed E-state index contributed by atoms with van der Waals surface area (Å²) >= 11 is 0. The van der Waals surface area contributed by atoms with E-state index < -0.39 is 11.9 Å². The van der Waals surface area contributed by atoms with Gasteiger partial charge >= 0.3 is 0 Å². The molecule has 0 fully saturated rings. The molecule has 0 aromatic heterocycles. The maximum atomic E-state index is 13.5. The van der Waals surface area contributed by atoms with E-state index in [9.17, 15) is 14.3 Å². The summed E-state index contributed by atoms with van der Waals surface area (Å²) in [6, 6.07) is 19.4. The lowest BCUT2D eigenvalue weighted by atomic mass is 9.98. The summed E-state index contributed by atoms with van der Waals surface area (Å²) in [6.45, 7) is -0.207. The van der Waals surface area contributed by atoms with Crippen molar-refractivity contribution in [3.05, 3.63) is 101 Å². The minimum Gasteiger partial charge on any atom is -0.398 e. The van der Waals surface area contributed by atoms with Gasteiger partial charge in [0.15, 0.2) is 0 Å². The Labute approximate surface area is 168 Å². The number of rotatable bonds is 7. The van der Waals surface area contributed by atoms with Crippen LogP contribution in [0, 0.1) is 11.2 Å². The van der Waals surface area contributed by atoms with Gasteiger partial charge in [-0.2, -0.15) is 0 Å². The normalized spacial score (nSPS) is 11.7. The number of halogens is 1. The molecule has 148 valence electrons. The number of nitrogen functional groups attached to an aromatic ring is 1. The van der Waals surface area contributed by atoms with Crippen molar-refractivity contribution in [3.63, 3.8) is 0 Å². The van der Waals surface area contributed by atoms with Crippen molar-refractivity contribution in [2.24, 2.45) is 0 Å². The van der Waals surface area contributed by atoms with Gasteiger partial charge in [-0.1, -0.05) is 42.5 Å². The first-order chi connectivity index (χ1) is 14.0. The Kier molecular flexibility index (Phi) is 6.36. The van der Waals surface area contributed by atoms with E-state index >= 15 is 0 Å². The van der Waals surface area contributed by atoms with Crippen LogP contribution in [-0.4, -0.2) is 29.4 Å². The number of hydrogen-bond acceptors (Lipinski definition) is 4. The fourth-order valence-electron chi connectivity index (χ4n) is 3.04. The van der Waals surface area contributed by atoms with Crippen LogP contribution < -0.4 is 11.1 Å². The average Bonchev–Trinajstić information content (AvgIpc) is 2.73. The van der Waals surface area contributed by atoms with Crippen LogP contribution in [0.1, 0.15) is 27.0 Å². The van der Waals surface area contributed by atoms with Gasteiger partial charge in [-0.25, -0.2) is 4.39 Å². The van der Waals surface area contributed by atoms with E-state index in [1.165, 1.54) is 24.3 Å². The summed E-state index contributed by atoms with van der Waals surface area (Å²) in [5.41, 5.74) is 8.35. The van der Waals surface area contributed by atoms with Gasteiger partial charge in [0.25, 0.3) is 5.91 Å². The van der Waals surface area contributed by atoms with Gasteiger partial charge in [0, 0.05) is 22.4 Å². The van der Waals surface area contributed by atoms with Gasteiger partial charge in [0.05, 0.1) is 18.4 Å². The van der Waals surface area contributed by atoms with Crippen LogP contribution >= 0.6 is 0 Å². The van der Waals surface area contributed by atoms with Crippen LogP contribution in [0.3, 0.4) is 0 Å². The Bertz CT molecular complexity index is 1020. The summed E-state index contributed by atoms with van der Waals surface area (Å²) in [5, 5.41) is 20.8. The van der Waals surface area contributed by atoms with Crippen molar-refractivity contribution < 1.29 is 14.3 Å². The first-order valence-electron chi connectivity index (χ1n) is 9.18. The number of carbonyl (C=O) groups excluding carboxylic acids is 1. The molecule has 1 atom stereocenters. The highest BCUT2D eigenvalue weighted by Crippen LogP contribution is 2.19. The zero-order valence-corrected chi connectivity index (χ0v) is 15.7. The molecular formula is C23H22FN3O2. The number of amides is 1. The maximum absolute atomic E-state index is 13.5. The average molecular weight is 391 g/mol. The largest absolute Gasteiger partial charge is 0.398 e. The summed E-state index contributed by atoms with van der Waals surface area (Å²) < 4.78 is 13.5. The Morgan fingerprint density at radius 2 is 1.79 bits per heavy atom. The molecular weight excluding hydrogens is 369 g/mol. The lowest BCUT2D eigenvalue weighted by Crippen LogP contribution is -2.39. The van der Waals surface area contributed by atoms with Crippen molar-refractivity contribution in [1.82, 2.24) is 5.32 Å². The Hall–Kier alpha value is -3.51. The molecule has 5 N–H and O–H groups in total. The zero-order valence-electron chi connectivity index (χ0n) is 15.7. The van der Waals surface area contributed by atoms with E-state index in [2.05, 4.69) is 5.32 Å². The first-order valence-corrected chi connectivity index (χ1v) is 9.18. The fourth-order valence-corrected chi connectivity index (χ4v) is 3.04. The minimum absolute atomic E-state index is 0.0274. The molecule has 6 heteroatoms. The smallest absolute Gasteiger partial charge is 0.251 e. The number of benzene rings is 3. The molecule has 29 heavy (non-hydrogen) atoms. The second-order valence-electron chi connectivity index (χ2n) is 6.73. The van der Waals surface area contributed by atoms with Crippen molar-refractivity contribution in [3.8, 4) is 0 Å². The van der Waals surface area contributed by atoms with Crippen LogP contribution in [0.2, 0.25) is 0 Å². The fraction of sp³-hybridized carbons (Fsp3) is 0.130. The highest BCUT2D eigenvalue weighted by molar-refractivity contribution is 6.14. The Morgan fingerprint density at radius 3 is 2.48 bits per heavy atom. The number of hydrogen-bond donors (Lipinski definition) is 4. The van der Waals surface area contributed by atoms with Crippen molar-refractivity contribution in [2.75, 3.05) is 12.3 Å². The molecule has 0 aliphatic heterocycles. The zero-order chi connectivity index (χ0) is 20.8. The highest BCUT2D eigenvalue weighted by atomic mass is 19.1. The quantitative estimate of drug-likeness (QED) is 0.368. The lowest BCUT2D eigenvalue weighted by molar-refractivity contribution is 0.0916. The molecule has 0 unspecified atom stereocenters. The second kappa shape index (κ2) is 9.12. The molecule has 0 spiro atoms. The third-order valence-electron chi connectivity index (χ3n) is 4.58. The van der Waals surface area contributed by atoms with E-state index in [0.717, 1.165) is 5.56 Å². The van der Waals surface area contributed by atoms with E-state index in [-0.39, 0.29) is 18.2 Å². The molecule has 1 amide bonds. The maximum Gasteiger partial charge on any atom is 0.251 e. The molecule has 0 aliphatic rings. The first kappa shape index (κ1) is 20.2. The van der Waals surface area contributed by atoms with Crippen molar-refractivity contribution in [1.29, 1.82) is 5.41 Å². The van der Waals surface area contributed by atoms with Crippen LogP contribution in [0.4, 0.5) is 10.1 Å². The molecule has 5 nitrogen and oxygen atoms in total. The summed E-state index contributed by atoms with van der Waals surface area (Å²) in [6.07, 6.45) is 0.490. The molecule has 0 bridgehead atoms. The van der Waals surface area contributed by atoms with Crippen LogP contribution in [-0.2, 0) is 6.42 Å². The van der Waals surface area contributed by atoms with E-state index in [1.807, 2.05) is 30.3 Å². The molecule has 0 radical (unpaired) electrons. The Balaban J connectivity index is 1.79. The van der Waals surface area contributed by atoms with Gasteiger partial charge in [-0.05, 0) is 42.3 Å². The summed E-state index contributed by atoms with van der Waals surface area (Å²) in [4.78, 5) is 12.7. The number of nitrogens with one attached hydrogen (secondary N) is 2. The van der Waals surface area contributed by atoms with E-state index in [1.54, 1.807) is 18.2 Å².